The van der Waals surface area contributed by atoms with E-state index in [1.165, 1.54) is 24.1 Å². The molecule has 0 aromatic carbocycles. The van der Waals surface area contributed by atoms with Gasteiger partial charge in [-0.3, -0.25) is 4.99 Å². The van der Waals surface area contributed by atoms with Crippen LogP contribution >= 0.6 is 46.9 Å². The number of hydrogen-bond acceptors (Lipinski definition) is 4. The van der Waals surface area contributed by atoms with Crippen LogP contribution in [-0.2, 0) is 25.9 Å². The molecular formula is C19H30ClIN6S. The summed E-state index contributed by atoms with van der Waals surface area (Å²) in [6.45, 7) is 5.60. The number of aromatic nitrogens is 3. The minimum absolute atomic E-state index is 0. The van der Waals surface area contributed by atoms with Crippen molar-refractivity contribution in [3.8, 4) is 0 Å². The van der Waals surface area contributed by atoms with E-state index >= 15 is 0 Å². The van der Waals surface area contributed by atoms with Gasteiger partial charge in [-0.1, -0.05) is 18.0 Å². The molecule has 1 aliphatic rings. The average molecular weight is 537 g/mol. The second kappa shape index (κ2) is 12.0. The Morgan fingerprint density at radius 2 is 2.18 bits per heavy atom. The van der Waals surface area contributed by atoms with Crippen LogP contribution in [0.1, 0.15) is 49.1 Å². The van der Waals surface area contributed by atoms with Gasteiger partial charge in [-0.15, -0.1) is 45.5 Å². The Morgan fingerprint density at radius 3 is 2.93 bits per heavy atom. The first-order valence-corrected chi connectivity index (χ1v) is 11.0. The normalized spacial score (nSPS) is 14.2. The number of nitrogens with zero attached hydrogens (tertiary/aromatic N) is 5. The Labute approximate surface area is 193 Å². The number of guanidine groups is 1. The summed E-state index contributed by atoms with van der Waals surface area (Å²) in [7, 11) is 2.06. The van der Waals surface area contributed by atoms with Crippen molar-refractivity contribution >= 4 is 52.9 Å². The molecule has 0 aliphatic carbocycles. The van der Waals surface area contributed by atoms with Crippen molar-refractivity contribution in [2.75, 3.05) is 20.1 Å². The van der Waals surface area contributed by atoms with E-state index in [2.05, 4.69) is 45.0 Å². The zero-order valence-electron chi connectivity index (χ0n) is 16.7. The lowest BCUT2D eigenvalue weighted by atomic mass is 10.2. The summed E-state index contributed by atoms with van der Waals surface area (Å²) in [5.41, 5.74) is 0. The molecule has 0 amide bonds. The van der Waals surface area contributed by atoms with Gasteiger partial charge in [-0.25, -0.2) is 0 Å². The highest BCUT2D eigenvalue weighted by Gasteiger charge is 2.14. The second-order valence-electron chi connectivity index (χ2n) is 6.90. The molecule has 2 aromatic rings. The smallest absolute Gasteiger partial charge is 0.193 e. The van der Waals surface area contributed by atoms with E-state index < -0.39 is 0 Å². The van der Waals surface area contributed by atoms with Crippen molar-refractivity contribution in [2.24, 2.45) is 4.99 Å². The molecule has 0 saturated heterocycles. The van der Waals surface area contributed by atoms with Crippen LogP contribution in [0.25, 0.3) is 0 Å². The molecule has 0 unspecified atom stereocenters. The number of aliphatic imine (C=N–C) groups is 1. The van der Waals surface area contributed by atoms with Gasteiger partial charge in [0.15, 0.2) is 5.96 Å². The largest absolute Gasteiger partial charge is 0.357 e. The molecular weight excluding hydrogens is 507 g/mol. The van der Waals surface area contributed by atoms with E-state index in [1.54, 1.807) is 11.3 Å². The number of halogens is 2. The summed E-state index contributed by atoms with van der Waals surface area (Å²) >= 11 is 7.65. The van der Waals surface area contributed by atoms with Crippen LogP contribution in [0.2, 0.25) is 4.34 Å². The summed E-state index contributed by atoms with van der Waals surface area (Å²) in [4.78, 5) is 8.18. The molecule has 28 heavy (non-hydrogen) atoms. The first-order valence-electron chi connectivity index (χ1n) is 9.82. The number of hydrogen-bond donors (Lipinski definition) is 1. The van der Waals surface area contributed by atoms with Crippen molar-refractivity contribution in [3.63, 3.8) is 0 Å². The van der Waals surface area contributed by atoms with Gasteiger partial charge in [-0.2, -0.15) is 0 Å². The minimum Gasteiger partial charge on any atom is -0.357 e. The monoisotopic (exact) mass is 536 g/mol. The van der Waals surface area contributed by atoms with Crippen LogP contribution in [0.4, 0.5) is 0 Å². The maximum atomic E-state index is 6.04. The van der Waals surface area contributed by atoms with E-state index in [9.17, 15) is 0 Å². The van der Waals surface area contributed by atoms with E-state index in [1.807, 2.05) is 6.07 Å². The van der Waals surface area contributed by atoms with Crippen molar-refractivity contribution in [1.82, 2.24) is 25.0 Å². The Morgan fingerprint density at radius 1 is 1.32 bits per heavy atom. The molecule has 1 aliphatic heterocycles. The van der Waals surface area contributed by atoms with Gasteiger partial charge in [0, 0.05) is 44.4 Å². The van der Waals surface area contributed by atoms with E-state index in [4.69, 9.17) is 16.6 Å². The highest BCUT2D eigenvalue weighted by Crippen LogP contribution is 2.22. The van der Waals surface area contributed by atoms with Crippen molar-refractivity contribution in [3.05, 3.63) is 33.0 Å². The van der Waals surface area contributed by atoms with Gasteiger partial charge in [0.1, 0.15) is 11.6 Å². The fraction of sp³-hybridized carbons (Fsp3) is 0.632. The third kappa shape index (κ3) is 6.59. The Bertz CT molecular complexity index is 759. The van der Waals surface area contributed by atoms with Crippen LogP contribution in [0.15, 0.2) is 17.1 Å². The molecule has 0 bridgehead atoms. The van der Waals surface area contributed by atoms with Gasteiger partial charge >= 0.3 is 0 Å². The first-order chi connectivity index (χ1) is 13.2. The number of thiophene rings is 1. The minimum atomic E-state index is 0. The van der Waals surface area contributed by atoms with Gasteiger partial charge in [0.25, 0.3) is 0 Å². The van der Waals surface area contributed by atoms with Crippen LogP contribution in [0.3, 0.4) is 0 Å². The molecule has 0 spiro atoms. The lowest BCUT2D eigenvalue weighted by molar-refractivity contribution is 0.481. The van der Waals surface area contributed by atoms with E-state index in [0.717, 1.165) is 67.4 Å². The van der Waals surface area contributed by atoms with Crippen LogP contribution in [0, 0.1) is 0 Å². The van der Waals surface area contributed by atoms with Crippen LogP contribution < -0.4 is 5.32 Å². The van der Waals surface area contributed by atoms with Crippen LogP contribution in [0.5, 0.6) is 0 Å². The lowest BCUT2D eigenvalue weighted by Gasteiger charge is -2.21. The molecule has 3 rings (SSSR count). The fourth-order valence-electron chi connectivity index (χ4n) is 3.37. The SMILES string of the molecule is CCNC(=NCCCc1nnc2n1CCCCC2)N(C)Cc1ccc(Cl)s1.I. The molecule has 0 atom stereocenters. The summed E-state index contributed by atoms with van der Waals surface area (Å²) in [6, 6.07) is 4.02. The average Bonchev–Trinajstić information content (AvgIpc) is 3.15. The Hall–Kier alpha value is -0.870. The molecule has 1 N–H and O–H groups in total. The van der Waals surface area contributed by atoms with Crippen molar-refractivity contribution < 1.29 is 0 Å². The van der Waals surface area contributed by atoms with Crippen molar-refractivity contribution in [2.45, 2.75) is 58.5 Å². The molecule has 6 nitrogen and oxygen atoms in total. The predicted octanol–water partition coefficient (Wildman–Crippen LogP) is 4.37. The van der Waals surface area contributed by atoms with Gasteiger partial charge < -0.3 is 14.8 Å². The number of fused-ring (bicyclic) bond motifs is 1. The molecule has 0 radical (unpaired) electrons. The molecule has 156 valence electrons. The van der Waals surface area contributed by atoms with Gasteiger partial charge in [-0.05, 0) is 38.3 Å². The topological polar surface area (TPSA) is 58.3 Å². The zero-order chi connectivity index (χ0) is 19.1. The highest BCUT2D eigenvalue weighted by atomic mass is 127. The maximum absolute atomic E-state index is 6.04. The maximum Gasteiger partial charge on any atom is 0.193 e. The standard InChI is InChI=1S/C19H29ClN6S.HI/c1-3-21-19(25(2)14-15-10-11-16(20)27-15)22-12-7-9-18-24-23-17-8-5-4-6-13-26(17)18;/h10-11H,3-9,12-14H2,1-2H3,(H,21,22);1H. The van der Waals surface area contributed by atoms with E-state index in [0.29, 0.717) is 0 Å². The number of nitrogens with one attached hydrogen (secondary N) is 1. The third-order valence-corrected chi connectivity index (χ3v) is 5.94. The molecule has 0 saturated carbocycles. The summed E-state index contributed by atoms with van der Waals surface area (Å²) in [5.74, 6) is 3.21. The number of rotatable bonds is 7. The third-order valence-electron chi connectivity index (χ3n) is 4.72. The molecule has 9 heteroatoms. The van der Waals surface area contributed by atoms with Gasteiger partial charge in [0.2, 0.25) is 0 Å². The quantitative estimate of drug-likeness (QED) is 0.247. The second-order valence-corrected chi connectivity index (χ2v) is 8.70. The molecule has 2 aromatic heterocycles. The summed E-state index contributed by atoms with van der Waals surface area (Å²) in [6.07, 6.45) is 6.73. The fourth-order valence-corrected chi connectivity index (χ4v) is 4.51. The molecule has 0 fully saturated rings. The summed E-state index contributed by atoms with van der Waals surface area (Å²) in [5, 5.41) is 12.2. The van der Waals surface area contributed by atoms with E-state index in [-0.39, 0.29) is 24.0 Å². The Kier molecular flexibility index (Phi) is 10.0. The van der Waals surface area contributed by atoms with Crippen LogP contribution in [-0.4, -0.2) is 45.8 Å². The highest BCUT2D eigenvalue weighted by molar-refractivity contribution is 14.0. The Balaban J connectivity index is 0.00000280. The summed E-state index contributed by atoms with van der Waals surface area (Å²) < 4.78 is 3.15. The zero-order valence-corrected chi connectivity index (χ0v) is 20.6. The predicted molar refractivity (Wildman–Crippen MR) is 128 cm³/mol. The lowest BCUT2D eigenvalue weighted by Crippen LogP contribution is -2.38. The first kappa shape index (κ1) is 23.4. The van der Waals surface area contributed by atoms with Crippen molar-refractivity contribution in [1.29, 1.82) is 0 Å². The number of aryl methyl sites for hydroxylation is 2. The van der Waals surface area contributed by atoms with Gasteiger partial charge in [0.05, 0.1) is 10.9 Å². The molecule has 3 heterocycles.